The normalized spacial score (nSPS) is 14.6. The molecule has 1 rings (SSSR count). The molecule has 1 fully saturated rings. The van der Waals surface area contributed by atoms with Gasteiger partial charge in [0.15, 0.2) is 0 Å². The van der Waals surface area contributed by atoms with Crippen LogP contribution < -0.4 is 0 Å². The van der Waals surface area contributed by atoms with Gasteiger partial charge in [-0.25, -0.2) is 14.5 Å². The molecule has 0 aromatic carbocycles. The predicted octanol–water partition coefficient (Wildman–Crippen LogP) is -0.650. The fraction of sp³-hybridized carbons (Fsp3) is 0.571. The Hall–Kier alpha value is -1.63. The summed E-state index contributed by atoms with van der Waals surface area (Å²) in [5.74, 6) is -1.47. The highest BCUT2D eigenvalue weighted by atomic mass is 16.4. The van der Waals surface area contributed by atoms with Crippen LogP contribution in [0.2, 0.25) is 0 Å². The average Bonchev–Trinajstić information content (AvgIpc) is 2.52. The minimum Gasteiger partial charge on any atom is -0.480 e. The van der Waals surface area contributed by atoms with Crippen molar-refractivity contribution in [2.45, 2.75) is 12.8 Å². The Balaban J connectivity index is 0.000000292. The monoisotopic (exact) mass is 205 g/mol. The van der Waals surface area contributed by atoms with Crippen molar-refractivity contribution in [3.05, 3.63) is 0 Å². The van der Waals surface area contributed by atoms with Gasteiger partial charge in [0.1, 0.15) is 6.61 Å². The van der Waals surface area contributed by atoms with Crippen LogP contribution in [0.4, 0.5) is 4.79 Å². The van der Waals surface area contributed by atoms with E-state index in [1.807, 2.05) is 0 Å². The summed E-state index contributed by atoms with van der Waals surface area (Å²) < 4.78 is 0. The minimum atomic E-state index is -1.19. The van der Waals surface area contributed by atoms with Crippen LogP contribution >= 0.6 is 0 Å². The molecule has 1 aliphatic rings. The van der Waals surface area contributed by atoms with Crippen LogP contribution in [0.25, 0.3) is 0 Å². The van der Waals surface area contributed by atoms with Crippen molar-refractivity contribution < 1.29 is 29.7 Å². The molecule has 0 spiro atoms. The number of aliphatic hydroxyl groups excluding tert-OH is 1. The standard InChI is InChI=1S/C5H7NO3.C2H4O3/c7-4-2-1-3-6(4)5(8)9;3-1-2(4)5/h1-3H2,(H,8,9);3H,1H2,(H,4,5). The van der Waals surface area contributed by atoms with Gasteiger partial charge in [0.05, 0.1) is 0 Å². The van der Waals surface area contributed by atoms with Gasteiger partial charge in [0, 0.05) is 13.0 Å². The van der Waals surface area contributed by atoms with Gasteiger partial charge in [-0.1, -0.05) is 0 Å². The van der Waals surface area contributed by atoms with E-state index >= 15 is 0 Å². The fourth-order valence-corrected chi connectivity index (χ4v) is 0.850. The smallest absolute Gasteiger partial charge is 0.414 e. The molecule has 1 saturated heterocycles. The van der Waals surface area contributed by atoms with Crippen LogP contribution in [0.1, 0.15) is 12.8 Å². The van der Waals surface area contributed by atoms with Crippen LogP contribution in [0.3, 0.4) is 0 Å². The first kappa shape index (κ1) is 12.4. The Labute approximate surface area is 79.6 Å². The van der Waals surface area contributed by atoms with E-state index in [0.717, 1.165) is 4.90 Å². The number of carbonyl (C=O) groups is 3. The minimum absolute atomic E-state index is 0.275. The Morgan fingerprint density at radius 2 is 1.86 bits per heavy atom. The van der Waals surface area contributed by atoms with Gasteiger partial charge < -0.3 is 15.3 Å². The van der Waals surface area contributed by atoms with Crippen molar-refractivity contribution in [1.82, 2.24) is 4.90 Å². The fourth-order valence-electron chi connectivity index (χ4n) is 0.850. The van der Waals surface area contributed by atoms with E-state index in [9.17, 15) is 9.59 Å². The first-order chi connectivity index (χ1) is 6.49. The van der Waals surface area contributed by atoms with Crippen molar-refractivity contribution in [3.63, 3.8) is 0 Å². The maximum Gasteiger partial charge on any atom is 0.414 e. The largest absolute Gasteiger partial charge is 0.480 e. The molecule has 80 valence electrons. The summed E-state index contributed by atoms with van der Waals surface area (Å²) in [6, 6.07) is 0. The number of amides is 2. The van der Waals surface area contributed by atoms with E-state index in [4.69, 9.17) is 20.1 Å². The molecule has 14 heavy (non-hydrogen) atoms. The number of carboxylic acid groups (broad SMARTS) is 2. The third-order valence-corrected chi connectivity index (χ3v) is 1.44. The van der Waals surface area contributed by atoms with Crippen LogP contribution in [0.5, 0.6) is 0 Å². The first-order valence-corrected chi connectivity index (χ1v) is 3.85. The zero-order chi connectivity index (χ0) is 11.1. The molecule has 0 bridgehead atoms. The predicted molar refractivity (Wildman–Crippen MR) is 43.7 cm³/mol. The Kier molecular flexibility index (Phi) is 5.23. The molecule has 3 N–H and O–H groups in total. The van der Waals surface area contributed by atoms with E-state index in [1.165, 1.54) is 0 Å². The van der Waals surface area contributed by atoms with Gasteiger partial charge in [0.25, 0.3) is 0 Å². The van der Waals surface area contributed by atoms with Gasteiger partial charge in [0.2, 0.25) is 5.91 Å². The SMILES string of the molecule is O=C(O)CO.O=C(O)N1CCCC1=O. The molecule has 0 unspecified atom stereocenters. The van der Waals surface area contributed by atoms with Crippen LogP contribution in [-0.2, 0) is 9.59 Å². The molecule has 1 heterocycles. The molecule has 0 radical (unpaired) electrons. The summed E-state index contributed by atoms with van der Waals surface area (Å²) in [7, 11) is 0. The van der Waals surface area contributed by atoms with E-state index in [0.29, 0.717) is 19.4 Å². The summed E-state index contributed by atoms with van der Waals surface area (Å²) in [5, 5.41) is 23.3. The molecule has 1 aliphatic heterocycles. The van der Waals surface area contributed by atoms with Crippen molar-refractivity contribution in [1.29, 1.82) is 0 Å². The molecule has 0 aromatic heterocycles. The van der Waals surface area contributed by atoms with Gasteiger partial charge >= 0.3 is 12.1 Å². The lowest BCUT2D eigenvalue weighted by Gasteiger charge is -2.05. The third kappa shape index (κ3) is 4.41. The number of hydrogen-bond acceptors (Lipinski definition) is 4. The number of rotatable bonds is 1. The molecule has 0 saturated carbocycles. The second kappa shape index (κ2) is 5.92. The summed E-state index contributed by atoms with van der Waals surface area (Å²) in [6.07, 6.45) is -0.0743. The van der Waals surface area contributed by atoms with Crippen molar-refractivity contribution >= 4 is 18.0 Å². The highest BCUT2D eigenvalue weighted by Crippen LogP contribution is 2.08. The van der Waals surface area contributed by atoms with Crippen molar-refractivity contribution in [3.8, 4) is 0 Å². The molecule has 0 aliphatic carbocycles. The van der Waals surface area contributed by atoms with Crippen LogP contribution in [0, 0.1) is 0 Å². The van der Waals surface area contributed by atoms with Crippen LogP contribution in [-0.4, -0.2) is 51.3 Å². The summed E-state index contributed by atoms with van der Waals surface area (Å²) in [6.45, 7) is -0.409. The van der Waals surface area contributed by atoms with Crippen LogP contribution in [0.15, 0.2) is 0 Å². The number of nitrogens with zero attached hydrogens (tertiary/aromatic N) is 1. The topological polar surface area (TPSA) is 115 Å². The summed E-state index contributed by atoms with van der Waals surface area (Å²) in [4.78, 5) is 30.6. The maximum atomic E-state index is 10.6. The second-order valence-corrected chi connectivity index (χ2v) is 2.48. The molecule has 0 atom stereocenters. The van der Waals surface area contributed by atoms with E-state index in [2.05, 4.69) is 0 Å². The third-order valence-electron chi connectivity index (χ3n) is 1.44. The summed E-state index contributed by atoms with van der Waals surface area (Å²) in [5.41, 5.74) is 0. The lowest BCUT2D eigenvalue weighted by atomic mass is 10.4. The Morgan fingerprint density at radius 1 is 1.36 bits per heavy atom. The highest BCUT2D eigenvalue weighted by Gasteiger charge is 2.25. The van der Waals surface area contributed by atoms with Crippen molar-refractivity contribution in [2.75, 3.05) is 13.2 Å². The van der Waals surface area contributed by atoms with E-state index in [-0.39, 0.29) is 5.91 Å². The van der Waals surface area contributed by atoms with Gasteiger partial charge in [-0.3, -0.25) is 4.79 Å². The molecule has 7 nitrogen and oxygen atoms in total. The Bertz CT molecular complexity index is 238. The van der Waals surface area contributed by atoms with Gasteiger partial charge in [-0.05, 0) is 6.42 Å². The number of likely N-dealkylation sites (tertiary alicyclic amines) is 1. The van der Waals surface area contributed by atoms with E-state index in [1.54, 1.807) is 0 Å². The first-order valence-electron chi connectivity index (χ1n) is 3.85. The van der Waals surface area contributed by atoms with Crippen molar-refractivity contribution in [2.24, 2.45) is 0 Å². The number of aliphatic hydroxyl groups is 1. The number of imide groups is 1. The highest BCUT2D eigenvalue weighted by molar-refractivity contribution is 5.92. The number of carboxylic acids is 1. The molecule has 7 heteroatoms. The number of hydrogen-bond donors (Lipinski definition) is 3. The number of carbonyl (C=O) groups excluding carboxylic acids is 1. The molecular formula is C7H11NO6. The Morgan fingerprint density at radius 3 is 2.00 bits per heavy atom. The zero-order valence-corrected chi connectivity index (χ0v) is 7.34. The molecule has 2 amide bonds. The molecule has 0 aromatic rings. The average molecular weight is 205 g/mol. The van der Waals surface area contributed by atoms with Gasteiger partial charge in [-0.2, -0.15) is 0 Å². The number of aliphatic carboxylic acids is 1. The van der Waals surface area contributed by atoms with E-state index < -0.39 is 18.7 Å². The van der Waals surface area contributed by atoms with Gasteiger partial charge in [-0.15, -0.1) is 0 Å². The second-order valence-electron chi connectivity index (χ2n) is 2.48. The lowest BCUT2D eigenvalue weighted by molar-refractivity contribution is -0.140. The molecular weight excluding hydrogens is 194 g/mol. The summed E-state index contributed by atoms with van der Waals surface area (Å²) >= 11 is 0. The maximum absolute atomic E-state index is 10.6. The lowest BCUT2D eigenvalue weighted by Crippen LogP contribution is -2.29. The quantitative estimate of drug-likeness (QED) is 0.524. The zero-order valence-electron chi connectivity index (χ0n) is 7.34.